The Balaban J connectivity index is 1.88. The average Bonchev–Trinajstić information content (AvgIpc) is 3.02. The second-order valence-electron chi connectivity index (χ2n) is 6.48. The van der Waals surface area contributed by atoms with Gasteiger partial charge in [0.25, 0.3) is 0 Å². The molecule has 0 atom stereocenters. The maximum atomic E-state index is 4.45. The van der Waals surface area contributed by atoms with Crippen molar-refractivity contribution in [3.63, 3.8) is 0 Å². The van der Waals surface area contributed by atoms with Crippen molar-refractivity contribution in [1.29, 1.82) is 0 Å². The van der Waals surface area contributed by atoms with E-state index in [1.165, 1.54) is 5.56 Å². The predicted octanol–water partition coefficient (Wildman–Crippen LogP) is 4.12. The van der Waals surface area contributed by atoms with Gasteiger partial charge in [-0.05, 0) is 16.5 Å². The van der Waals surface area contributed by atoms with Crippen molar-refractivity contribution in [3.8, 4) is 11.4 Å². The van der Waals surface area contributed by atoms with Gasteiger partial charge >= 0.3 is 0 Å². The molecule has 3 aromatic rings. The zero-order valence-electron chi connectivity index (χ0n) is 13.6. The first-order chi connectivity index (χ1) is 11.0. The molecular formula is C19H20N4. The fourth-order valence-corrected chi connectivity index (χ4v) is 2.29. The van der Waals surface area contributed by atoms with Crippen molar-refractivity contribution in [2.24, 2.45) is 5.10 Å². The van der Waals surface area contributed by atoms with Crippen LogP contribution in [-0.2, 0) is 5.41 Å². The Bertz CT molecular complexity index is 793. The zero-order valence-corrected chi connectivity index (χ0v) is 13.6. The van der Waals surface area contributed by atoms with Crippen molar-refractivity contribution in [2.75, 3.05) is 0 Å². The minimum absolute atomic E-state index is 0.137. The molecule has 0 aliphatic heterocycles. The van der Waals surface area contributed by atoms with E-state index in [0.29, 0.717) is 0 Å². The molecule has 2 aromatic carbocycles. The lowest BCUT2D eigenvalue weighted by atomic mass is 9.87. The first-order valence-electron chi connectivity index (χ1n) is 7.64. The number of hydrogen-bond acceptors (Lipinski definition) is 3. The van der Waals surface area contributed by atoms with Crippen LogP contribution in [0.5, 0.6) is 0 Å². The van der Waals surface area contributed by atoms with Gasteiger partial charge in [-0.15, -0.1) is 10.2 Å². The maximum Gasteiger partial charge on any atom is 0.184 e. The quantitative estimate of drug-likeness (QED) is 0.683. The summed E-state index contributed by atoms with van der Waals surface area (Å²) in [5.41, 5.74) is 3.47. The number of hydrogen-bond donors (Lipinski definition) is 0. The van der Waals surface area contributed by atoms with E-state index in [-0.39, 0.29) is 5.41 Å². The van der Waals surface area contributed by atoms with Crippen LogP contribution in [0.3, 0.4) is 0 Å². The summed E-state index contributed by atoms with van der Waals surface area (Å²) in [5, 5.41) is 12.6. The summed E-state index contributed by atoms with van der Waals surface area (Å²) in [6.07, 6.45) is 3.42. The van der Waals surface area contributed by atoms with Crippen molar-refractivity contribution in [2.45, 2.75) is 26.2 Å². The third kappa shape index (κ3) is 3.54. The molecule has 0 radical (unpaired) electrons. The van der Waals surface area contributed by atoms with Crippen LogP contribution in [0.15, 0.2) is 66.0 Å². The Labute approximate surface area is 136 Å². The van der Waals surface area contributed by atoms with Crippen molar-refractivity contribution in [1.82, 2.24) is 14.9 Å². The lowest BCUT2D eigenvalue weighted by Crippen LogP contribution is -2.10. The molecule has 0 unspecified atom stereocenters. The lowest BCUT2D eigenvalue weighted by Gasteiger charge is -2.18. The topological polar surface area (TPSA) is 43.1 Å². The van der Waals surface area contributed by atoms with Gasteiger partial charge in [0.1, 0.15) is 6.33 Å². The van der Waals surface area contributed by atoms with E-state index in [0.717, 1.165) is 17.0 Å². The minimum atomic E-state index is 0.137. The number of aromatic nitrogens is 3. The molecule has 0 saturated heterocycles. The molecule has 116 valence electrons. The van der Waals surface area contributed by atoms with E-state index in [2.05, 4.69) is 60.3 Å². The highest BCUT2D eigenvalue weighted by Crippen LogP contribution is 2.25. The monoisotopic (exact) mass is 304 g/mol. The van der Waals surface area contributed by atoms with Crippen molar-refractivity contribution in [3.05, 3.63) is 72.1 Å². The van der Waals surface area contributed by atoms with Crippen LogP contribution < -0.4 is 0 Å². The van der Waals surface area contributed by atoms with Gasteiger partial charge in [0.05, 0.1) is 6.21 Å². The molecule has 23 heavy (non-hydrogen) atoms. The minimum Gasteiger partial charge on any atom is -0.200 e. The van der Waals surface area contributed by atoms with Gasteiger partial charge in [-0.3, -0.25) is 0 Å². The third-order valence-electron chi connectivity index (χ3n) is 3.67. The first kappa shape index (κ1) is 15.2. The summed E-state index contributed by atoms with van der Waals surface area (Å²) in [6, 6.07) is 18.4. The zero-order chi connectivity index (χ0) is 16.3. The summed E-state index contributed by atoms with van der Waals surface area (Å²) in [4.78, 5) is 0. The molecule has 0 aliphatic carbocycles. The molecule has 0 spiro atoms. The van der Waals surface area contributed by atoms with Crippen molar-refractivity contribution >= 4 is 6.21 Å². The van der Waals surface area contributed by atoms with E-state index in [4.69, 9.17) is 0 Å². The van der Waals surface area contributed by atoms with Gasteiger partial charge in [-0.2, -0.15) is 9.78 Å². The van der Waals surface area contributed by atoms with Gasteiger partial charge in [0.2, 0.25) is 0 Å². The van der Waals surface area contributed by atoms with Crippen LogP contribution in [0, 0.1) is 0 Å². The summed E-state index contributed by atoms with van der Waals surface area (Å²) in [5.74, 6) is 0.734. The molecule has 0 saturated carbocycles. The molecule has 4 nitrogen and oxygen atoms in total. The normalized spacial score (nSPS) is 12.0. The average molecular weight is 304 g/mol. The van der Waals surface area contributed by atoms with E-state index < -0.39 is 0 Å². The van der Waals surface area contributed by atoms with Gasteiger partial charge < -0.3 is 0 Å². The Hall–Kier alpha value is -2.75. The largest absolute Gasteiger partial charge is 0.200 e. The predicted molar refractivity (Wildman–Crippen MR) is 93.6 cm³/mol. The Morgan fingerprint density at radius 3 is 2.30 bits per heavy atom. The highest BCUT2D eigenvalue weighted by molar-refractivity contribution is 5.79. The molecule has 1 heterocycles. The van der Waals surface area contributed by atoms with Crippen molar-refractivity contribution < 1.29 is 0 Å². The summed E-state index contributed by atoms with van der Waals surface area (Å²) in [7, 11) is 0. The Morgan fingerprint density at radius 2 is 1.65 bits per heavy atom. The number of rotatable bonds is 3. The molecule has 3 rings (SSSR count). The highest BCUT2D eigenvalue weighted by atomic mass is 15.4. The molecule has 0 aliphatic rings. The number of benzene rings is 2. The van der Waals surface area contributed by atoms with Crippen LogP contribution in [0.4, 0.5) is 0 Å². The fourth-order valence-electron chi connectivity index (χ4n) is 2.29. The van der Waals surface area contributed by atoms with Crippen LogP contribution >= 0.6 is 0 Å². The summed E-state index contributed by atoms with van der Waals surface area (Å²) in [6.45, 7) is 6.61. The molecule has 1 aromatic heterocycles. The van der Waals surface area contributed by atoms with E-state index >= 15 is 0 Å². The first-order valence-corrected chi connectivity index (χ1v) is 7.64. The number of nitrogens with zero attached hydrogens (tertiary/aromatic N) is 4. The summed E-state index contributed by atoms with van der Waals surface area (Å²) >= 11 is 0. The second-order valence-corrected chi connectivity index (χ2v) is 6.48. The molecule has 0 amide bonds. The Kier molecular flexibility index (Phi) is 4.06. The van der Waals surface area contributed by atoms with Gasteiger partial charge in [-0.25, -0.2) is 0 Å². The SMILES string of the molecule is CC(C)(C)c1ccc(-c2nncn2N=Cc2ccccc2)cc1. The molecule has 0 bridgehead atoms. The lowest BCUT2D eigenvalue weighted by molar-refractivity contribution is 0.590. The van der Waals surface area contributed by atoms with Crippen LogP contribution in [0.2, 0.25) is 0 Å². The molecule has 0 N–H and O–H groups in total. The third-order valence-corrected chi connectivity index (χ3v) is 3.67. The fraction of sp³-hybridized carbons (Fsp3) is 0.211. The summed E-state index contributed by atoms with van der Waals surface area (Å²) < 4.78 is 1.69. The molecule has 0 fully saturated rings. The van der Waals surface area contributed by atoms with E-state index in [9.17, 15) is 0 Å². The van der Waals surface area contributed by atoms with Gasteiger partial charge in [0.15, 0.2) is 5.82 Å². The maximum absolute atomic E-state index is 4.45. The molecular weight excluding hydrogens is 284 g/mol. The van der Waals surface area contributed by atoms with Gasteiger partial charge in [0, 0.05) is 5.56 Å². The van der Waals surface area contributed by atoms with Crippen LogP contribution in [0.1, 0.15) is 31.9 Å². The standard InChI is InChI=1S/C19H20N4/c1-19(2,3)17-11-9-16(10-12-17)18-22-20-14-23(18)21-13-15-7-5-4-6-8-15/h4-14H,1-3H3. The Morgan fingerprint density at radius 1 is 0.957 bits per heavy atom. The van der Waals surface area contributed by atoms with Gasteiger partial charge in [-0.1, -0.05) is 75.4 Å². The molecule has 4 heteroatoms. The highest BCUT2D eigenvalue weighted by Gasteiger charge is 2.14. The smallest absolute Gasteiger partial charge is 0.184 e. The second kappa shape index (κ2) is 6.16. The van der Waals surface area contributed by atoms with Crippen LogP contribution in [-0.4, -0.2) is 21.1 Å². The van der Waals surface area contributed by atoms with Crippen LogP contribution in [0.25, 0.3) is 11.4 Å². The van der Waals surface area contributed by atoms with E-state index in [1.807, 2.05) is 30.3 Å². The van der Waals surface area contributed by atoms with E-state index in [1.54, 1.807) is 17.2 Å².